The molecule has 0 aliphatic heterocycles. The van der Waals surface area contributed by atoms with E-state index in [-0.39, 0.29) is 0 Å². The molecule has 0 bridgehead atoms. The van der Waals surface area contributed by atoms with Crippen LogP contribution in [0.4, 0.5) is 0 Å². The van der Waals surface area contributed by atoms with Crippen molar-refractivity contribution in [2.45, 2.75) is 194 Å². The van der Waals surface area contributed by atoms with Crippen molar-refractivity contribution in [3.8, 4) is 0 Å². The molecule has 1 heterocycles. The highest BCUT2D eigenvalue weighted by molar-refractivity contribution is 5.14. The van der Waals surface area contributed by atoms with E-state index in [1.165, 1.54) is 179 Å². The van der Waals surface area contributed by atoms with Gasteiger partial charge in [-0.25, -0.2) is 9.13 Å². The lowest BCUT2D eigenvalue weighted by Crippen LogP contribution is -2.37. The lowest BCUT2D eigenvalue weighted by atomic mass is 10.0. The van der Waals surface area contributed by atoms with Gasteiger partial charge in [0.15, 0.2) is 0 Å². The van der Waals surface area contributed by atoms with E-state index >= 15 is 0 Å². The Balaban J connectivity index is 1.59. The van der Waals surface area contributed by atoms with Crippen molar-refractivity contribution in [3.63, 3.8) is 0 Å². The van der Waals surface area contributed by atoms with Crippen LogP contribution in [0.1, 0.15) is 179 Å². The molecule has 1 aromatic carbocycles. The normalized spacial score (nSPS) is 11.5. The minimum Gasteiger partial charge on any atom is -0.234 e. The molecule has 0 amide bonds. The van der Waals surface area contributed by atoms with E-state index in [2.05, 4.69) is 65.7 Å². The smallest absolute Gasteiger partial charge is 0.234 e. The van der Waals surface area contributed by atoms with Gasteiger partial charge in [-0.15, -0.1) is 0 Å². The van der Waals surface area contributed by atoms with Crippen LogP contribution >= 0.6 is 0 Å². The average molecular weight is 566 g/mol. The standard InChI is InChI=1S/C39H69N2/c1-3-5-7-9-11-12-13-14-15-16-17-18-19-21-23-28-34-40-36-37-41(35-29-32-38-30-25-24-26-31-38)39(40)33-27-22-20-10-8-6-4-2/h24-26,30-31,36-37H,3-23,27-29,32-35H2,1-2H3/q+1. The van der Waals surface area contributed by atoms with Gasteiger partial charge in [-0.1, -0.05) is 173 Å². The predicted molar refractivity (Wildman–Crippen MR) is 181 cm³/mol. The van der Waals surface area contributed by atoms with E-state index < -0.39 is 0 Å². The molecule has 0 atom stereocenters. The maximum atomic E-state index is 2.60. The Hall–Kier alpha value is -1.57. The Kier molecular flexibility index (Phi) is 22.7. The first-order valence-electron chi connectivity index (χ1n) is 18.5. The van der Waals surface area contributed by atoms with E-state index in [4.69, 9.17) is 0 Å². The molecular formula is C39H69N2+. The quantitative estimate of drug-likeness (QED) is 0.0685. The Labute approximate surface area is 256 Å². The molecule has 2 nitrogen and oxygen atoms in total. The van der Waals surface area contributed by atoms with Gasteiger partial charge >= 0.3 is 0 Å². The molecule has 1 aromatic heterocycles. The van der Waals surface area contributed by atoms with E-state index in [0.29, 0.717) is 0 Å². The van der Waals surface area contributed by atoms with Gasteiger partial charge in [0.2, 0.25) is 0 Å². The van der Waals surface area contributed by atoms with Crippen LogP contribution < -0.4 is 4.57 Å². The van der Waals surface area contributed by atoms with Gasteiger partial charge in [0, 0.05) is 6.42 Å². The maximum Gasteiger partial charge on any atom is 0.256 e. The number of hydrogen-bond donors (Lipinski definition) is 0. The summed E-state index contributed by atoms with van der Waals surface area (Å²) < 4.78 is 5.18. The molecule has 0 saturated heterocycles. The summed E-state index contributed by atoms with van der Waals surface area (Å²) in [6.07, 6.45) is 41.1. The second-order valence-electron chi connectivity index (χ2n) is 12.9. The molecule has 2 rings (SSSR count). The van der Waals surface area contributed by atoms with Crippen LogP contribution in [0, 0.1) is 0 Å². The van der Waals surface area contributed by atoms with Crippen molar-refractivity contribution in [3.05, 3.63) is 54.1 Å². The second kappa shape index (κ2) is 26.1. The largest absolute Gasteiger partial charge is 0.256 e. The maximum absolute atomic E-state index is 2.60. The number of imidazole rings is 1. The fraction of sp³-hybridized carbons (Fsp3) is 0.769. The molecule has 2 heteroatoms. The molecule has 41 heavy (non-hydrogen) atoms. The summed E-state index contributed by atoms with van der Waals surface area (Å²) in [5, 5.41) is 0. The summed E-state index contributed by atoms with van der Waals surface area (Å²) in [6.45, 7) is 6.97. The van der Waals surface area contributed by atoms with Gasteiger partial charge in [-0.2, -0.15) is 0 Å². The molecule has 0 saturated carbocycles. The van der Waals surface area contributed by atoms with Gasteiger partial charge in [-0.05, 0) is 37.7 Å². The van der Waals surface area contributed by atoms with E-state index in [0.717, 1.165) is 6.54 Å². The summed E-state index contributed by atoms with van der Waals surface area (Å²) in [4.78, 5) is 0. The molecule has 0 aliphatic carbocycles. The molecule has 0 radical (unpaired) electrons. The fourth-order valence-electron chi connectivity index (χ4n) is 6.36. The highest BCUT2D eigenvalue weighted by Crippen LogP contribution is 2.15. The zero-order valence-corrected chi connectivity index (χ0v) is 27.7. The molecule has 0 aliphatic rings. The zero-order chi connectivity index (χ0) is 29.1. The molecule has 2 aromatic rings. The zero-order valence-electron chi connectivity index (χ0n) is 27.7. The van der Waals surface area contributed by atoms with Crippen LogP contribution in [-0.4, -0.2) is 4.57 Å². The minimum atomic E-state index is 1.15. The first-order valence-corrected chi connectivity index (χ1v) is 18.5. The van der Waals surface area contributed by atoms with Gasteiger partial charge in [-0.3, -0.25) is 0 Å². The Morgan fingerprint density at radius 2 is 0.951 bits per heavy atom. The first-order chi connectivity index (χ1) is 20.3. The van der Waals surface area contributed by atoms with Crippen LogP contribution in [0.5, 0.6) is 0 Å². The lowest BCUT2D eigenvalue weighted by molar-refractivity contribution is -0.704. The van der Waals surface area contributed by atoms with Gasteiger partial charge in [0.05, 0.1) is 13.1 Å². The summed E-state index contributed by atoms with van der Waals surface area (Å²) in [6, 6.07) is 11.0. The van der Waals surface area contributed by atoms with Crippen LogP contribution in [0.2, 0.25) is 0 Å². The van der Waals surface area contributed by atoms with Gasteiger partial charge < -0.3 is 0 Å². The number of hydrogen-bond acceptors (Lipinski definition) is 0. The van der Waals surface area contributed by atoms with Crippen molar-refractivity contribution >= 4 is 0 Å². The third-order valence-corrected chi connectivity index (χ3v) is 9.05. The summed E-state index contributed by atoms with van der Waals surface area (Å²) >= 11 is 0. The summed E-state index contributed by atoms with van der Waals surface area (Å²) in [5.74, 6) is 1.58. The van der Waals surface area contributed by atoms with Crippen LogP contribution in [0.3, 0.4) is 0 Å². The molecule has 234 valence electrons. The topological polar surface area (TPSA) is 8.81 Å². The van der Waals surface area contributed by atoms with Crippen molar-refractivity contribution in [1.82, 2.24) is 4.57 Å². The molecule has 0 unspecified atom stereocenters. The fourth-order valence-corrected chi connectivity index (χ4v) is 6.36. The molecule has 0 spiro atoms. The van der Waals surface area contributed by atoms with E-state index in [1.807, 2.05) is 0 Å². The van der Waals surface area contributed by atoms with Gasteiger partial charge in [0.1, 0.15) is 12.4 Å². The SMILES string of the molecule is CCCCCCCCCCCCCCCCCCn1cc[n+](CCCc2ccccc2)c1CCCCCCCCC. The molecular weight excluding hydrogens is 496 g/mol. The van der Waals surface area contributed by atoms with Crippen molar-refractivity contribution in [2.75, 3.05) is 0 Å². The van der Waals surface area contributed by atoms with E-state index in [1.54, 1.807) is 5.82 Å². The number of rotatable bonds is 29. The summed E-state index contributed by atoms with van der Waals surface area (Å²) in [7, 11) is 0. The third kappa shape index (κ3) is 18.6. The number of unbranched alkanes of at least 4 members (excludes halogenated alkanes) is 21. The number of aryl methyl sites for hydroxylation is 3. The molecule has 0 N–H and O–H groups in total. The van der Waals surface area contributed by atoms with Crippen molar-refractivity contribution in [2.24, 2.45) is 0 Å². The lowest BCUT2D eigenvalue weighted by Gasteiger charge is -2.07. The van der Waals surface area contributed by atoms with Gasteiger partial charge in [0.25, 0.3) is 5.82 Å². The monoisotopic (exact) mass is 566 g/mol. The van der Waals surface area contributed by atoms with Crippen LogP contribution in [0.25, 0.3) is 0 Å². The first kappa shape index (κ1) is 35.6. The number of nitrogens with zero attached hydrogens (tertiary/aromatic N) is 2. The Morgan fingerprint density at radius 3 is 1.46 bits per heavy atom. The Bertz CT molecular complexity index is 808. The molecule has 0 fully saturated rings. The minimum absolute atomic E-state index is 1.15. The van der Waals surface area contributed by atoms with Crippen LogP contribution in [-0.2, 0) is 25.9 Å². The number of benzene rings is 1. The van der Waals surface area contributed by atoms with Crippen LogP contribution in [0.15, 0.2) is 42.7 Å². The summed E-state index contributed by atoms with van der Waals surface area (Å²) in [5.41, 5.74) is 1.47. The van der Waals surface area contributed by atoms with Crippen molar-refractivity contribution in [1.29, 1.82) is 0 Å². The van der Waals surface area contributed by atoms with E-state index in [9.17, 15) is 0 Å². The average Bonchev–Trinajstić information content (AvgIpc) is 3.38. The third-order valence-electron chi connectivity index (χ3n) is 9.05. The van der Waals surface area contributed by atoms with Crippen molar-refractivity contribution < 1.29 is 4.57 Å². The Morgan fingerprint density at radius 1 is 0.488 bits per heavy atom. The number of aromatic nitrogens is 2. The predicted octanol–water partition coefficient (Wildman–Crippen LogP) is 12.0. The second-order valence-corrected chi connectivity index (χ2v) is 12.9. The highest BCUT2D eigenvalue weighted by atomic mass is 15.1. The highest BCUT2D eigenvalue weighted by Gasteiger charge is 2.16.